The zero-order valence-electron chi connectivity index (χ0n) is 15.8. The third-order valence-electron chi connectivity index (χ3n) is 5.02. The molecule has 2 nitrogen and oxygen atoms in total. The maximum atomic E-state index is 6.50. The second-order valence-electron chi connectivity index (χ2n) is 8.41. The second kappa shape index (κ2) is 6.06. The zero-order valence-corrected chi connectivity index (χ0v) is 16.5. The lowest BCUT2D eigenvalue weighted by atomic mass is 9.84. The van der Waals surface area contributed by atoms with Crippen LogP contribution in [0.25, 0.3) is 11.6 Å². The molecule has 136 valence electrons. The quantitative estimate of drug-likeness (QED) is 0.552. The molecule has 0 N–H and O–H groups in total. The Bertz CT molecular complexity index is 855. The molecule has 0 saturated heterocycles. The van der Waals surface area contributed by atoms with Gasteiger partial charge in [0.15, 0.2) is 0 Å². The van der Waals surface area contributed by atoms with Crippen molar-refractivity contribution in [1.82, 2.24) is 0 Å². The molecule has 2 aliphatic heterocycles. The SMILES string of the molecule is CC1(C)C=Cc2c(ccc3c2OC(C)(C)C/C3=C\C2C=CC=CC2Cl)O1. The maximum absolute atomic E-state index is 6.50. The van der Waals surface area contributed by atoms with Crippen molar-refractivity contribution in [3.8, 4) is 11.5 Å². The van der Waals surface area contributed by atoms with Crippen molar-refractivity contribution in [2.24, 2.45) is 5.92 Å². The Morgan fingerprint density at radius 2 is 1.85 bits per heavy atom. The normalized spacial score (nSPS) is 28.9. The molecule has 4 rings (SSSR count). The average molecular weight is 369 g/mol. The van der Waals surface area contributed by atoms with Crippen LogP contribution >= 0.6 is 11.6 Å². The van der Waals surface area contributed by atoms with Crippen molar-refractivity contribution in [3.05, 3.63) is 59.7 Å². The fraction of sp³-hybridized carbons (Fsp3) is 0.391. The minimum absolute atomic E-state index is 0.0106. The van der Waals surface area contributed by atoms with Crippen molar-refractivity contribution < 1.29 is 9.47 Å². The van der Waals surface area contributed by atoms with Crippen LogP contribution in [-0.4, -0.2) is 16.6 Å². The molecular formula is C23H25ClO2. The first-order valence-electron chi connectivity index (χ1n) is 9.19. The van der Waals surface area contributed by atoms with E-state index in [9.17, 15) is 0 Å². The van der Waals surface area contributed by atoms with Crippen LogP contribution in [0.5, 0.6) is 11.5 Å². The molecule has 2 unspecified atom stereocenters. The number of alkyl halides is 1. The monoisotopic (exact) mass is 368 g/mol. The van der Waals surface area contributed by atoms with Gasteiger partial charge < -0.3 is 9.47 Å². The number of ether oxygens (including phenoxy) is 2. The van der Waals surface area contributed by atoms with Crippen LogP contribution in [0.15, 0.2) is 48.6 Å². The Hall–Kier alpha value is -1.93. The Morgan fingerprint density at radius 3 is 2.62 bits per heavy atom. The van der Waals surface area contributed by atoms with Crippen molar-refractivity contribution in [1.29, 1.82) is 0 Å². The highest BCUT2D eigenvalue weighted by Crippen LogP contribution is 2.48. The summed E-state index contributed by atoms with van der Waals surface area (Å²) >= 11 is 6.50. The van der Waals surface area contributed by atoms with Gasteiger partial charge in [-0.2, -0.15) is 0 Å². The number of allylic oxidation sites excluding steroid dienone is 5. The minimum atomic E-state index is -0.296. The van der Waals surface area contributed by atoms with Crippen LogP contribution in [0.1, 0.15) is 45.2 Å². The summed E-state index contributed by atoms with van der Waals surface area (Å²) in [5.41, 5.74) is 2.89. The van der Waals surface area contributed by atoms with Gasteiger partial charge in [-0.3, -0.25) is 0 Å². The molecule has 0 spiro atoms. The van der Waals surface area contributed by atoms with Gasteiger partial charge in [-0.05, 0) is 57.6 Å². The molecule has 3 heteroatoms. The third-order valence-corrected chi connectivity index (χ3v) is 5.46. The summed E-state index contributed by atoms with van der Waals surface area (Å²) in [6.07, 6.45) is 15.7. The number of hydrogen-bond donors (Lipinski definition) is 0. The van der Waals surface area contributed by atoms with Gasteiger partial charge in [0, 0.05) is 17.9 Å². The summed E-state index contributed by atoms with van der Waals surface area (Å²) in [7, 11) is 0. The smallest absolute Gasteiger partial charge is 0.138 e. The summed E-state index contributed by atoms with van der Waals surface area (Å²) in [5.74, 6) is 1.99. The van der Waals surface area contributed by atoms with E-state index in [1.54, 1.807) is 0 Å². The van der Waals surface area contributed by atoms with Gasteiger partial charge >= 0.3 is 0 Å². The van der Waals surface area contributed by atoms with Crippen LogP contribution in [-0.2, 0) is 0 Å². The van der Waals surface area contributed by atoms with Crippen LogP contribution in [0.4, 0.5) is 0 Å². The van der Waals surface area contributed by atoms with E-state index in [4.69, 9.17) is 21.1 Å². The molecule has 1 aliphatic carbocycles. The number of fused-ring (bicyclic) bond motifs is 3. The maximum Gasteiger partial charge on any atom is 0.138 e. The van der Waals surface area contributed by atoms with E-state index in [0.29, 0.717) is 0 Å². The average Bonchev–Trinajstić information content (AvgIpc) is 2.54. The standard InChI is InChI=1S/C23H25ClO2/c1-22(2)12-11-18-20(25-22)10-9-17-16(14-23(3,4)26-21(17)18)13-15-7-5-6-8-19(15)24/h5-13,15,19H,14H2,1-4H3/b16-13+. The van der Waals surface area contributed by atoms with Crippen molar-refractivity contribution in [2.45, 2.75) is 50.7 Å². The molecule has 0 bridgehead atoms. The topological polar surface area (TPSA) is 18.5 Å². The number of hydrogen-bond acceptors (Lipinski definition) is 2. The van der Waals surface area contributed by atoms with Gasteiger partial charge in [0.1, 0.15) is 22.7 Å². The summed E-state index contributed by atoms with van der Waals surface area (Å²) in [6.45, 7) is 8.39. The summed E-state index contributed by atoms with van der Waals surface area (Å²) in [6, 6.07) is 4.18. The lowest BCUT2D eigenvalue weighted by Gasteiger charge is -2.38. The number of halogens is 1. The predicted molar refractivity (Wildman–Crippen MR) is 109 cm³/mol. The summed E-state index contributed by atoms with van der Waals surface area (Å²) in [5, 5.41) is -0.0106. The van der Waals surface area contributed by atoms with E-state index >= 15 is 0 Å². The first-order valence-corrected chi connectivity index (χ1v) is 9.62. The van der Waals surface area contributed by atoms with Gasteiger partial charge in [0.25, 0.3) is 0 Å². The second-order valence-corrected chi connectivity index (χ2v) is 8.92. The Balaban J connectivity index is 1.81. The molecule has 0 fully saturated rings. The zero-order chi connectivity index (χ0) is 18.5. The first kappa shape index (κ1) is 17.5. The van der Waals surface area contributed by atoms with Gasteiger partial charge in [0.05, 0.1) is 10.9 Å². The van der Waals surface area contributed by atoms with Gasteiger partial charge in [0.2, 0.25) is 0 Å². The molecule has 2 heterocycles. The van der Waals surface area contributed by atoms with Gasteiger partial charge in [-0.25, -0.2) is 0 Å². The Labute approximate surface area is 160 Å². The van der Waals surface area contributed by atoms with Gasteiger partial charge in [-0.1, -0.05) is 30.4 Å². The fourth-order valence-corrected chi connectivity index (χ4v) is 4.03. The van der Waals surface area contributed by atoms with E-state index in [-0.39, 0.29) is 22.5 Å². The van der Waals surface area contributed by atoms with E-state index in [1.807, 2.05) is 12.2 Å². The highest BCUT2D eigenvalue weighted by molar-refractivity contribution is 6.22. The van der Waals surface area contributed by atoms with Crippen molar-refractivity contribution in [3.63, 3.8) is 0 Å². The van der Waals surface area contributed by atoms with E-state index in [0.717, 1.165) is 29.0 Å². The highest BCUT2D eigenvalue weighted by Gasteiger charge is 2.34. The van der Waals surface area contributed by atoms with Crippen molar-refractivity contribution in [2.75, 3.05) is 0 Å². The van der Waals surface area contributed by atoms with E-state index in [2.05, 4.69) is 70.2 Å². The molecule has 3 aliphatic rings. The first-order chi connectivity index (χ1) is 12.2. The predicted octanol–water partition coefficient (Wildman–Crippen LogP) is 6.16. The molecule has 0 radical (unpaired) electrons. The third kappa shape index (κ3) is 3.23. The van der Waals surface area contributed by atoms with E-state index in [1.165, 1.54) is 5.57 Å². The molecule has 1 aromatic carbocycles. The Kier molecular flexibility index (Phi) is 4.07. The molecule has 26 heavy (non-hydrogen) atoms. The van der Waals surface area contributed by atoms with Gasteiger partial charge in [-0.15, -0.1) is 11.6 Å². The molecule has 0 amide bonds. The molecule has 2 atom stereocenters. The highest BCUT2D eigenvalue weighted by atomic mass is 35.5. The van der Waals surface area contributed by atoms with Crippen LogP contribution in [0, 0.1) is 5.92 Å². The Morgan fingerprint density at radius 1 is 1.08 bits per heavy atom. The van der Waals surface area contributed by atoms with Crippen LogP contribution in [0.3, 0.4) is 0 Å². The molecule has 0 saturated carbocycles. The molecule has 1 aromatic rings. The van der Waals surface area contributed by atoms with Crippen molar-refractivity contribution >= 4 is 23.3 Å². The number of benzene rings is 1. The van der Waals surface area contributed by atoms with Crippen LogP contribution in [0.2, 0.25) is 0 Å². The van der Waals surface area contributed by atoms with E-state index < -0.39 is 0 Å². The van der Waals surface area contributed by atoms with Crippen LogP contribution < -0.4 is 9.47 Å². The molecule has 0 aromatic heterocycles. The minimum Gasteiger partial charge on any atom is -0.486 e. The fourth-order valence-electron chi connectivity index (χ4n) is 3.78. The lowest BCUT2D eigenvalue weighted by Crippen LogP contribution is -2.34. The summed E-state index contributed by atoms with van der Waals surface area (Å²) in [4.78, 5) is 0. The lowest BCUT2D eigenvalue weighted by molar-refractivity contribution is 0.104. The largest absolute Gasteiger partial charge is 0.486 e. The molecular weight excluding hydrogens is 344 g/mol. The number of rotatable bonds is 1. The summed E-state index contributed by atoms with van der Waals surface area (Å²) < 4.78 is 12.5.